The summed E-state index contributed by atoms with van der Waals surface area (Å²) in [6, 6.07) is 20.4. The number of piperazine rings is 1. The van der Waals surface area contributed by atoms with Crippen LogP contribution in [0.25, 0.3) is 10.9 Å². The number of para-hydroxylation sites is 1. The molecule has 0 unspecified atom stereocenters. The van der Waals surface area contributed by atoms with Crippen LogP contribution in [-0.2, 0) is 36.1 Å². The molecular formula is C37H42N8O5. The van der Waals surface area contributed by atoms with Crippen molar-refractivity contribution in [2.45, 2.75) is 31.7 Å². The van der Waals surface area contributed by atoms with E-state index in [1.807, 2.05) is 60.1 Å². The molecular weight excluding hydrogens is 636 g/mol. The topological polar surface area (TPSA) is 134 Å². The molecule has 2 fully saturated rings. The van der Waals surface area contributed by atoms with Gasteiger partial charge >= 0.3 is 6.03 Å². The van der Waals surface area contributed by atoms with Crippen molar-refractivity contribution < 1.29 is 24.3 Å². The summed E-state index contributed by atoms with van der Waals surface area (Å²) in [4.78, 5) is 58.8. The number of carbonyl (C=O) groups excluding carboxylic acids is 4. The van der Waals surface area contributed by atoms with Gasteiger partial charge in [-0.1, -0.05) is 66.7 Å². The van der Waals surface area contributed by atoms with Gasteiger partial charge in [0.05, 0.1) is 24.2 Å². The van der Waals surface area contributed by atoms with Crippen LogP contribution >= 0.6 is 0 Å². The van der Waals surface area contributed by atoms with E-state index in [0.29, 0.717) is 5.56 Å². The predicted molar refractivity (Wildman–Crippen MR) is 188 cm³/mol. The van der Waals surface area contributed by atoms with E-state index in [9.17, 15) is 24.3 Å². The van der Waals surface area contributed by atoms with Gasteiger partial charge in [-0.05, 0) is 28.8 Å². The second-order valence-electron chi connectivity index (χ2n) is 12.8. The van der Waals surface area contributed by atoms with Gasteiger partial charge < -0.3 is 24.8 Å². The first-order valence-corrected chi connectivity index (χ1v) is 16.5. The summed E-state index contributed by atoms with van der Waals surface area (Å²) >= 11 is 0. The van der Waals surface area contributed by atoms with Crippen LogP contribution in [0.5, 0.6) is 5.75 Å². The van der Waals surface area contributed by atoms with Crippen LogP contribution < -0.4 is 10.7 Å². The molecule has 2 atom stereocenters. The second-order valence-corrected chi connectivity index (χ2v) is 12.8. The molecule has 2 aliphatic rings. The Morgan fingerprint density at radius 1 is 1.00 bits per heavy atom. The molecule has 3 aromatic carbocycles. The molecule has 13 heteroatoms. The number of carbonyl (C=O) groups is 4. The lowest BCUT2D eigenvalue weighted by Crippen LogP contribution is -2.76. The smallest absolute Gasteiger partial charge is 0.334 e. The van der Waals surface area contributed by atoms with Gasteiger partial charge in [-0.2, -0.15) is 0 Å². The first-order valence-electron chi connectivity index (χ1n) is 16.5. The van der Waals surface area contributed by atoms with Crippen molar-refractivity contribution in [3.05, 3.63) is 114 Å². The summed E-state index contributed by atoms with van der Waals surface area (Å²) in [5.74, 6) is -0.701. The van der Waals surface area contributed by atoms with E-state index in [1.165, 1.54) is 0 Å². The van der Waals surface area contributed by atoms with E-state index in [2.05, 4.69) is 17.3 Å². The zero-order chi connectivity index (χ0) is 35.5. The van der Waals surface area contributed by atoms with Gasteiger partial charge in [-0.3, -0.25) is 19.8 Å². The van der Waals surface area contributed by atoms with Crippen molar-refractivity contribution in [3.8, 4) is 5.75 Å². The number of urea groups is 1. The number of fused-ring (bicyclic) bond motifs is 2. The van der Waals surface area contributed by atoms with Crippen molar-refractivity contribution in [1.82, 2.24) is 40.1 Å². The predicted octanol–water partition coefficient (Wildman–Crippen LogP) is 2.83. The Kier molecular flexibility index (Phi) is 9.88. The number of hydrogen-bond acceptors (Lipinski definition) is 7. The molecule has 2 aliphatic heterocycles. The number of nitrogens with zero attached hydrogens (tertiary/aromatic N) is 6. The number of aromatic nitrogens is 1. The van der Waals surface area contributed by atoms with E-state index in [1.54, 1.807) is 75.5 Å². The summed E-state index contributed by atoms with van der Waals surface area (Å²) in [6.45, 7) is 4.49. The van der Waals surface area contributed by atoms with Gasteiger partial charge in [0.15, 0.2) is 0 Å². The fraction of sp³-hybridized carbons (Fsp3) is 0.297. The third-order valence-electron chi connectivity index (χ3n) is 9.05. The summed E-state index contributed by atoms with van der Waals surface area (Å²) < 4.78 is 1.88. The van der Waals surface area contributed by atoms with Crippen LogP contribution in [0.2, 0.25) is 0 Å². The number of rotatable bonds is 10. The number of amides is 5. The van der Waals surface area contributed by atoms with Crippen molar-refractivity contribution in [2.75, 3.05) is 33.7 Å². The lowest BCUT2D eigenvalue weighted by atomic mass is 9.98. The van der Waals surface area contributed by atoms with E-state index in [-0.39, 0.29) is 62.6 Å². The van der Waals surface area contributed by atoms with E-state index in [0.717, 1.165) is 27.6 Å². The standard InChI is InChI=1S/C37H42N8O5/c1-5-18-43-24-33(47)44-31(19-25-14-16-28(46)17-15-25)36(49)42(23-32(44)45(43)37(50)38-20-26-10-7-6-8-11-26)21-27-12-9-13-29-30(22-41(4)34(27)29)35(48)39-40(2)3/h5-17,22,31-32,46H,1,18-21,23-24H2,2-4H3,(H,38,50)(H,39,48)/t31-,32-/m0/s1. The zero-order valence-corrected chi connectivity index (χ0v) is 28.5. The SMILES string of the molecule is C=CCN1CC(=O)N2[C@@H](Cc3ccc(O)cc3)C(=O)N(Cc3cccc4c(C(=O)NN(C)C)cn(C)c34)C[C@@H]2N1C(=O)NCc1ccccc1. The molecule has 6 rings (SSSR count). The van der Waals surface area contributed by atoms with Gasteiger partial charge in [0.25, 0.3) is 5.91 Å². The van der Waals surface area contributed by atoms with Crippen molar-refractivity contribution >= 4 is 34.7 Å². The number of aryl methyl sites for hydroxylation is 1. The summed E-state index contributed by atoms with van der Waals surface area (Å²) in [5, 5.41) is 18.4. The molecule has 2 saturated heterocycles. The highest BCUT2D eigenvalue weighted by molar-refractivity contribution is 6.07. The molecule has 1 aromatic heterocycles. The molecule has 260 valence electrons. The maximum absolute atomic E-state index is 14.5. The number of phenols is 1. The molecule has 50 heavy (non-hydrogen) atoms. The molecule has 0 spiro atoms. The van der Waals surface area contributed by atoms with Crippen LogP contribution in [0, 0.1) is 0 Å². The first-order chi connectivity index (χ1) is 24.0. The van der Waals surface area contributed by atoms with Crippen LogP contribution in [-0.4, -0.2) is 104 Å². The lowest BCUT2D eigenvalue weighted by Gasteiger charge is -2.55. The van der Waals surface area contributed by atoms with Crippen molar-refractivity contribution in [3.63, 3.8) is 0 Å². The molecule has 0 radical (unpaired) electrons. The third-order valence-corrected chi connectivity index (χ3v) is 9.05. The Labute approximate surface area is 290 Å². The number of hydrogen-bond donors (Lipinski definition) is 3. The monoisotopic (exact) mass is 678 g/mol. The Morgan fingerprint density at radius 3 is 2.44 bits per heavy atom. The van der Waals surface area contributed by atoms with Crippen LogP contribution in [0.3, 0.4) is 0 Å². The Balaban J connectivity index is 1.38. The van der Waals surface area contributed by atoms with Gasteiger partial charge in [0.2, 0.25) is 11.8 Å². The van der Waals surface area contributed by atoms with Crippen molar-refractivity contribution in [1.29, 1.82) is 0 Å². The highest BCUT2D eigenvalue weighted by atomic mass is 16.3. The fourth-order valence-corrected chi connectivity index (χ4v) is 6.88. The van der Waals surface area contributed by atoms with Crippen LogP contribution in [0.15, 0.2) is 91.6 Å². The minimum absolute atomic E-state index is 0.0534. The Morgan fingerprint density at radius 2 is 1.74 bits per heavy atom. The summed E-state index contributed by atoms with van der Waals surface area (Å²) in [7, 11) is 5.34. The molecule has 0 bridgehead atoms. The quantitative estimate of drug-likeness (QED) is 0.174. The number of phenolic OH excluding ortho intramolecular Hbond substituents is 1. The Hall–Kier alpha value is -5.66. The minimum Gasteiger partial charge on any atom is -0.508 e. The van der Waals surface area contributed by atoms with E-state index >= 15 is 0 Å². The maximum atomic E-state index is 14.5. The van der Waals surface area contributed by atoms with Crippen LogP contribution in [0.4, 0.5) is 4.79 Å². The van der Waals surface area contributed by atoms with Gasteiger partial charge in [-0.25, -0.2) is 19.8 Å². The number of benzene rings is 3. The first kappa shape index (κ1) is 34.2. The van der Waals surface area contributed by atoms with E-state index < -0.39 is 18.2 Å². The molecule has 5 amide bonds. The minimum atomic E-state index is -0.921. The zero-order valence-electron chi connectivity index (χ0n) is 28.5. The normalized spacial score (nSPS) is 18.0. The molecule has 0 aliphatic carbocycles. The van der Waals surface area contributed by atoms with Gasteiger partial charge in [0.1, 0.15) is 18.0 Å². The van der Waals surface area contributed by atoms with Gasteiger partial charge in [0, 0.05) is 58.8 Å². The number of nitrogens with one attached hydrogen (secondary N) is 2. The van der Waals surface area contributed by atoms with E-state index in [4.69, 9.17) is 0 Å². The van der Waals surface area contributed by atoms with Crippen LogP contribution in [0.1, 0.15) is 27.0 Å². The maximum Gasteiger partial charge on any atom is 0.334 e. The van der Waals surface area contributed by atoms with Crippen molar-refractivity contribution in [2.24, 2.45) is 7.05 Å². The highest BCUT2D eigenvalue weighted by Crippen LogP contribution is 2.31. The molecule has 3 heterocycles. The average molecular weight is 679 g/mol. The number of hydrazine groups is 2. The third kappa shape index (κ3) is 6.91. The summed E-state index contributed by atoms with van der Waals surface area (Å²) in [6.07, 6.45) is 2.77. The molecule has 13 nitrogen and oxygen atoms in total. The average Bonchev–Trinajstić information content (AvgIpc) is 3.44. The highest BCUT2D eigenvalue weighted by Gasteiger charge is 2.51. The summed E-state index contributed by atoms with van der Waals surface area (Å²) in [5.41, 5.74) is 6.58. The number of aromatic hydroxyl groups is 1. The molecule has 3 N–H and O–H groups in total. The molecule has 0 saturated carbocycles. The second kappa shape index (κ2) is 14.4. The van der Waals surface area contributed by atoms with Gasteiger partial charge in [-0.15, -0.1) is 6.58 Å². The largest absolute Gasteiger partial charge is 0.508 e. The lowest BCUT2D eigenvalue weighted by molar-refractivity contribution is -0.189. The molecule has 4 aromatic rings. The Bertz CT molecular complexity index is 1910. The fourth-order valence-electron chi connectivity index (χ4n) is 6.88.